The molecule has 11 aromatic rings. The molecule has 0 fully saturated rings. The largest absolute Gasteiger partial charge is 0.291 e. The van der Waals surface area contributed by atoms with Crippen molar-refractivity contribution >= 4 is 106 Å². The van der Waals surface area contributed by atoms with E-state index in [0.29, 0.717) is 0 Å². The fourth-order valence-electron chi connectivity index (χ4n) is 7.62. The van der Waals surface area contributed by atoms with E-state index in [9.17, 15) is 0 Å². The highest BCUT2D eigenvalue weighted by Crippen LogP contribution is 2.49. The second-order valence-corrected chi connectivity index (χ2v) is 14.2. The van der Waals surface area contributed by atoms with Crippen LogP contribution in [0, 0.1) is 0 Å². The van der Waals surface area contributed by atoms with E-state index >= 15 is 0 Å². The monoisotopic (exact) mass is 633 g/mol. The van der Waals surface area contributed by atoms with Gasteiger partial charge in [-0.3, -0.25) is 4.57 Å². The molecule has 0 aliphatic carbocycles. The Morgan fingerprint density at radius 1 is 0.447 bits per heavy atom. The van der Waals surface area contributed by atoms with E-state index in [2.05, 4.69) is 144 Å². The highest BCUT2D eigenvalue weighted by molar-refractivity contribution is 7.27. The first-order valence-electron chi connectivity index (χ1n) is 15.8. The highest BCUT2D eigenvalue weighted by atomic mass is 32.1. The zero-order chi connectivity index (χ0) is 30.6. The molecule has 47 heavy (non-hydrogen) atoms. The van der Waals surface area contributed by atoms with Crippen molar-refractivity contribution in [2.45, 2.75) is 0 Å². The molecular weight excluding hydrogens is 611 g/mol. The van der Waals surface area contributed by atoms with Crippen molar-refractivity contribution in [1.82, 2.24) is 14.5 Å². The molecule has 11 rings (SSSR count). The van der Waals surface area contributed by atoms with Gasteiger partial charge in [-0.25, -0.2) is 9.97 Å². The number of benzene rings is 7. The molecule has 0 spiro atoms. The van der Waals surface area contributed by atoms with Crippen LogP contribution in [0.25, 0.3) is 101 Å². The number of thiophene rings is 2. The summed E-state index contributed by atoms with van der Waals surface area (Å²) in [4.78, 5) is 10.9. The molecule has 218 valence electrons. The van der Waals surface area contributed by atoms with E-state index in [1.165, 1.54) is 57.3 Å². The summed E-state index contributed by atoms with van der Waals surface area (Å²) >= 11 is 3.66. The van der Waals surface area contributed by atoms with Crippen molar-refractivity contribution in [2.24, 2.45) is 0 Å². The summed E-state index contributed by atoms with van der Waals surface area (Å²) in [5.41, 5.74) is 4.40. The van der Waals surface area contributed by atoms with E-state index in [-0.39, 0.29) is 0 Å². The van der Waals surface area contributed by atoms with Crippen LogP contribution in [0.2, 0.25) is 0 Å². The number of nitrogens with zero attached hydrogens (tertiary/aromatic N) is 3. The smallest absolute Gasteiger partial charge is 0.162 e. The predicted molar refractivity (Wildman–Crippen MR) is 203 cm³/mol. The van der Waals surface area contributed by atoms with Gasteiger partial charge >= 0.3 is 0 Å². The normalized spacial score (nSPS) is 12.3. The van der Waals surface area contributed by atoms with Crippen molar-refractivity contribution in [2.75, 3.05) is 0 Å². The van der Waals surface area contributed by atoms with E-state index in [0.717, 1.165) is 43.7 Å². The van der Waals surface area contributed by atoms with Crippen LogP contribution >= 0.6 is 22.7 Å². The number of rotatable bonds is 2. The first-order chi connectivity index (χ1) is 23.3. The predicted octanol–water partition coefficient (Wildman–Crippen LogP) is 12.3. The minimum absolute atomic E-state index is 0.743. The summed E-state index contributed by atoms with van der Waals surface area (Å²) in [6.45, 7) is 0. The van der Waals surface area contributed by atoms with Gasteiger partial charge in [-0.2, -0.15) is 0 Å². The average Bonchev–Trinajstić information content (AvgIpc) is 3.81. The van der Waals surface area contributed by atoms with Crippen molar-refractivity contribution in [3.05, 3.63) is 140 Å². The maximum atomic E-state index is 5.57. The molecule has 0 bridgehead atoms. The highest BCUT2D eigenvalue weighted by Gasteiger charge is 2.25. The molecule has 0 N–H and O–H groups in total. The molecule has 0 unspecified atom stereocenters. The third-order valence-corrected chi connectivity index (χ3v) is 11.9. The van der Waals surface area contributed by atoms with E-state index in [1.807, 2.05) is 11.3 Å². The van der Waals surface area contributed by atoms with Crippen LogP contribution in [0.1, 0.15) is 0 Å². The van der Waals surface area contributed by atoms with Gasteiger partial charge in [0.25, 0.3) is 0 Å². The number of para-hydroxylation sites is 1. The first kappa shape index (κ1) is 25.6. The molecule has 0 saturated heterocycles. The maximum absolute atomic E-state index is 5.57. The first-order valence-corrected chi connectivity index (χ1v) is 17.4. The van der Waals surface area contributed by atoms with Crippen molar-refractivity contribution in [3.63, 3.8) is 0 Å². The van der Waals surface area contributed by atoms with Gasteiger partial charge in [-0.1, -0.05) is 121 Å². The molecule has 0 saturated carbocycles. The summed E-state index contributed by atoms with van der Waals surface area (Å²) in [6.07, 6.45) is 0. The van der Waals surface area contributed by atoms with Crippen molar-refractivity contribution in [3.8, 4) is 17.2 Å². The second-order valence-electron chi connectivity index (χ2n) is 12.1. The van der Waals surface area contributed by atoms with Gasteiger partial charge in [-0.05, 0) is 39.7 Å². The molecule has 4 aromatic heterocycles. The minimum Gasteiger partial charge on any atom is -0.291 e. The van der Waals surface area contributed by atoms with Gasteiger partial charge in [0.1, 0.15) is 0 Å². The van der Waals surface area contributed by atoms with Crippen molar-refractivity contribution in [1.29, 1.82) is 0 Å². The maximum Gasteiger partial charge on any atom is 0.162 e. The molecule has 4 heterocycles. The summed E-state index contributed by atoms with van der Waals surface area (Å²) < 4.78 is 7.34. The Balaban J connectivity index is 1.40. The van der Waals surface area contributed by atoms with Gasteiger partial charge in [-0.15, -0.1) is 22.7 Å². The molecule has 0 aliphatic rings. The van der Waals surface area contributed by atoms with Gasteiger partial charge < -0.3 is 0 Å². The third kappa shape index (κ3) is 3.45. The lowest BCUT2D eigenvalue weighted by Gasteiger charge is -2.13. The van der Waals surface area contributed by atoms with E-state index in [4.69, 9.17) is 9.97 Å². The Morgan fingerprint density at radius 2 is 1.04 bits per heavy atom. The standard InChI is InChI=1S/C42H23N3S2/c1-2-14-25-24(12-1)13-11-20-28(25)41-43-37-31-19-7-10-23-34(31)47-40(37)42(44-41)45-32-21-8-5-17-29(32)35-26-15-3-4-16-27(26)36-30-18-6-9-22-33(30)46-39(36)38(35)45/h1-23H. The second kappa shape index (κ2) is 9.46. The topological polar surface area (TPSA) is 30.7 Å². The zero-order valence-corrected chi connectivity index (χ0v) is 26.6. The molecule has 0 amide bonds. The molecular formula is C42H23N3S2. The summed E-state index contributed by atoms with van der Waals surface area (Å²) in [5.74, 6) is 1.67. The average molecular weight is 634 g/mol. The van der Waals surface area contributed by atoms with Crippen LogP contribution in [0.15, 0.2) is 140 Å². The van der Waals surface area contributed by atoms with E-state index in [1.54, 1.807) is 11.3 Å². The minimum atomic E-state index is 0.743. The van der Waals surface area contributed by atoms with Gasteiger partial charge in [0.2, 0.25) is 0 Å². The van der Waals surface area contributed by atoms with Crippen LogP contribution in [0.3, 0.4) is 0 Å². The fraction of sp³-hybridized carbons (Fsp3) is 0. The molecule has 0 atom stereocenters. The third-order valence-electron chi connectivity index (χ3n) is 9.60. The lowest BCUT2D eigenvalue weighted by molar-refractivity contribution is 1.09. The summed E-state index contributed by atoms with van der Waals surface area (Å²) in [5, 5.41) is 11.2. The molecule has 0 radical (unpaired) electrons. The van der Waals surface area contributed by atoms with Crippen LogP contribution in [0.4, 0.5) is 0 Å². The fourth-order valence-corrected chi connectivity index (χ4v) is 10.00. The molecule has 3 nitrogen and oxygen atoms in total. The Morgan fingerprint density at radius 3 is 1.87 bits per heavy atom. The van der Waals surface area contributed by atoms with Crippen molar-refractivity contribution < 1.29 is 0 Å². The summed E-state index contributed by atoms with van der Waals surface area (Å²) in [7, 11) is 0. The molecule has 5 heteroatoms. The number of hydrogen-bond donors (Lipinski definition) is 0. The van der Waals surface area contributed by atoms with E-state index < -0.39 is 0 Å². The SMILES string of the molecule is c1ccc2c(-c3nc(-n4c5ccccc5c5c6ccccc6c6c7ccccc7sc6c54)c4sc5ccccc5c4n3)cccc2c1. The zero-order valence-electron chi connectivity index (χ0n) is 24.9. The van der Waals surface area contributed by atoms with Gasteiger partial charge in [0, 0.05) is 41.9 Å². The molecule has 0 aliphatic heterocycles. The Hall–Kier alpha value is -5.62. The van der Waals surface area contributed by atoms with Crippen LogP contribution in [0.5, 0.6) is 0 Å². The van der Waals surface area contributed by atoms with Crippen LogP contribution < -0.4 is 0 Å². The Kier molecular flexibility index (Phi) is 5.14. The Labute approximate surface area is 276 Å². The van der Waals surface area contributed by atoms with Gasteiger partial charge in [0.05, 0.1) is 25.9 Å². The number of aromatic nitrogens is 3. The van der Waals surface area contributed by atoms with Gasteiger partial charge in [0.15, 0.2) is 11.6 Å². The Bertz CT molecular complexity index is 3080. The van der Waals surface area contributed by atoms with Crippen LogP contribution in [-0.2, 0) is 0 Å². The number of hydrogen-bond acceptors (Lipinski definition) is 4. The lowest BCUT2D eigenvalue weighted by Crippen LogP contribution is -2.02. The quantitative estimate of drug-likeness (QED) is 0.190. The molecule has 7 aromatic carbocycles. The lowest BCUT2D eigenvalue weighted by atomic mass is 9.99. The summed E-state index contributed by atoms with van der Waals surface area (Å²) in [6, 6.07) is 50.2. The number of fused-ring (bicyclic) bond motifs is 14. The van der Waals surface area contributed by atoms with Crippen LogP contribution in [-0.4, -0.2) is 14.5 Å².